The zero-order valence-electron chi connectivity index (χ0n) is 17.4. The molecule has 0 bridgehead atoms. The molecule has 32 heavy (non-hydrogen) atoms. The Kier molecular flexibility index (Phi) is 7.06. The van der Waals surface area contributed by atoms with Crippen LogP contribution in [0.4, 0.5) is 14.9 Å². The molecule has 0 radical (unpaired) electrons. The quantitative estimate of drug-likeness (QED) is 0.641. The number of carbonyl (C=O) groups is 2. The second-order valence-electron chi connectivity index (χ2n) is 8.04. The van der Waals surface area contributed by atoms with Crippen LogP contribution in [0.5, 0.6) is 5.75 Å². The first kappa shape index (κ1) is 22.7. The fourth-order valence-corrected chi connectivity index (χ4v) is 4.51. The fraction of sp³-hybridized carbons (Fsp3) is 0.391. The summed E-state index contributed by atoms with van der Waals surface area (Å²) in [6.07, 6.45) is 3.23. The number of benzene rings is 2. The first-order valence-electron chi connectivity index (χ1n) is 10.6. The van der Waals surface area contributed by atoms with E-state index in [0.29, 0.717) is 18.1 Å². The number of hydrogen-bond donors (Lipinski definition) is 1. The number of nitrogens with zero attached hydrogens (tertiary/aromatic N) is 2. The Hall–Kier alpha value is -2.51. The number of amides is 3. The van der Waals surface area contributed by atoms with E-state index in [1.54, 1.807) is 17.0 Å². The lowest BCUT2D eigenvalue weighted by Crippen LogP contribution is -2.46. The molecule has 2 aliphatic rings. The Bertz CT molecular complexity index is 981. The average molecular weight is 480 g/mol. The van der Waals surface area contributed by atoms with Crippen molar-refractivity contribution in [3.63, 3.8) is 0 Å². The molecule has 9 heteroatoms. The summed E-state index contributed by atoms with van der Waals surface area (Å²) in [5.41, 5.74) is 0.850. The van der Waals surface area contributed by atoms with Gasteiger partial charge in [0.2, 0.25) is 0 Å². The molecule has 0 unspecified atom stereocenters. The van der Waals surface area contributed by atoms with E-state index in [1.807, 2.05) is 17.0 Å². The Morgan fingerprint density at radius 2 is 1.78 bits per heavy atom. The van der Waals surface area contributed by atoms with E-state index in [0.717, 1.165) is 37.4 Å². The Morgan fingerprint density at radius 3 is 2.47 bits per heavy atom. The third-order valence-corrected chi connectivity index (χ3v) is 6.50. The van der Waals surface area contributed by atoms with Crippen LogP contribution in [0.3, 0.4) is 0 Å². The molecule has 0 spiro atoms. The van der Waals surface area contributed by atoms with Crippen molar-refractivity contribution in [1.82, 2.24) is 10.2 Å². The van der Waals surface area contributed by atoms with Crippen molar-refractivity contribution in [2.45, 2.75) is 37.8 Å². The number of halogens is 3. The lowest BCUT2D eigenvalue weighted by molar-refractivity contribution is -0.124. The molecule has 1 saturated carbocycles. The number of anilines is 1. The molecule has 3 amide bonds. The van der Waals surface area contributed by atoms with Crippen molar-refractivity contribution in [2.24, 2.45) is 0 Å². The minimum Gasteiger partial charge on any atom is -0.484 e. The highest BCUT2D eigenvalue weighted by molar-refractivity contribution is 6.31. The molecule has 2 aromatic rings. The van der Waals surface area contributed by atoms with E-state index in [9.17, 15) is 14.0 Å². The smallest absolute Gasteiger partial charge is 0.324 e. The number of carbonyl (C=O) groups excluding carboxylic acids is 2. The predicted octanol–water partition coefficient (Wildman–Crippen LogP) is 4.88. The lowest BCUT2D eigenvalue weighted by Gasteiger charge is -2.34. The molecule has 1 saturated heterocycles. The number of urea groups is 1. The maximum atomic E-state index is 13.5. The molecule has 0 aromatic heterocycles. The van der Waals surface area contributed by atoms with Gasteiger partial charge in [-0.15, -0.1) is 0 Å². The molecule has 6 nitrogen and oxygen atoms in total. The second-order valence-corrected chi connectivity index (χ2v) is 8.89. The van der Waals surface area contributed by atoms with Crippen LogP contribution in [-0.2, 0) is 4.79 Å². The summed E-state index contributed by atoms with van der Waals surface area (Å²) in [6, 6.07) is 11.6. The Balaban J connectivity index is 1.22. The third kappa shape index (κ3) is 5.27. The second kappa shape index (κ2) is 9.96. The van der Waals surface area contributed by atoms with Gasteiger partial charge in [0.05, 0.1) is 5.02 Å². The maximum absolute atomic E-state index is 13.5. The van der Waals surface area contributed by atoms with Crippen LogP contribution in [0.1, 0.15) is 25.7 Å². The molecule has 170 valence electrons. The number of nitrogens with one attached hydrogen (secondary N) is 1. The van der Waals surface area contributed by atoms with Gasteiger partial charge in [-0.25, -0.2) is 9.18 Å². The normalized spacial score (nSPS) is 21.0. The molecule has 2 fully saturated rings. The molecule has 1 aliphatic heterocycles. The van der Waals surface area contributed by atoms with Crippen molar-refractivity contribution >= 4 is 40.8 Å². The van der Waals surface area contributed by atoms with Crippen molar-refractivity contribution in [2.75, 3.05) is 24.6 Å². The molecule has 1 aliphatic carbocycles. The maximum Gasteiger partial charge on any atom is 0.324 e. The van der Waals surface area contributed by atoms with E-state index in [-0.39, 0.29) is 41.4 Å². The molecule has 1 heterocycles. The standard InChI is InChI=1S/C23H24Cl2FN3O3/c24-15-1-5-17(6-2-15)28-11-12-29(23(28)31)18-7-3-16(4-8-18)27-22(30)14-32-19-9-10-20(25)21(26)13-19/h1-2,5-6,9-10,13,16,18H,3-4,7-8,11-12,14H2,(H,27,30). The van der Waals surface area contributed by atoms with Crippen LogP contribution in [0.25, 0.3) is 0 Å². The SMILES string of the molecule is O=C(COc1ccc(Cl)c(F)c1)NC1CCC(N2CCN(c3ccc(Cl)cc3)C2=O)CC1. The van der Waals surface area contributed by atoms with E-state index < -0.39 is 5.82 Å². The van der Waals surface area contributed by atoms with Crippen LogP contribution in [0, 0.1) is 5.82 Å². The van der Waals surface area contributed by atoms with Crippen molar-refractivity contribution in [3.05, 3.63) is 58.3 Å². The van der Waals surface area contributed by atoms with Gasteiger partial charge >= 0.3 is 6.03 Å². The van der Waals surface area contributed by atoms with Gasteiger partial charge < -0.3 is 15.0 Å². The molecule has 1 N–H and O–H groups in total. The summed E-state index contributed by atoms with van der Waals surface area (Å²) in [5.74, 6) is -0.590. The molecule has 0 atom stereocenters. The highest BCUT2D eigenvalue weighted by Crippen LogP contribution is 2.29. The van der Waals surface area contributed by atoms with Gasteiger partial charge in [0.15, 0.2) is 6.61 Å². The van der Waals surface area contributed by atoms with E-state index >= 15 is 0 Å². The van der Waals surface area contributed by atoms with E-state index in [2.05, 4.69) is 5.32 Å². The van der Waals surface area contributed by atoms with Crippen LogP contribution < -0.4 is 15.0 Å². The molecule has 4 rings (SSSR count). The number of rotatable bonds is 6. The van der Waals surface area contributed by atoms with Crippen LogP contribution in [0.15, 0.2) is 42.5 Å². The zero-order valence-corrected chi connectivity index (χ0v) is 18.9. The minimum atomic E-state index is -0.589. The topological polar surface area (TPSA) is 61.9 Å². The van der Waals surface area contributed by atoms with E-state index in [1.165, 1.54) is 12.1 Å². The Labute approximate surface area is 196 Å². The minimum absolute atomic E-state index is 0.00586. The summed E-state index contributed by atoms with van der Waals surface area (Å²) in [4.78, 5) is 28.8. The van der Waals surface area contributed by atoms with Crippen molar-refractivity contribution in [1.29, 1.82) is 0 Å². The van der Waals surface area contributed by atoms with Crippen LogP contribution in [0.2, 0.25) is 10.0 Å². The fourth-order valence-electron chi connectivity index (χ4n) is 4.27. The predicted molar refractivity (Wildman–Crippen MR) is 122 cm³/mol. The van der Waals surface area contributed by atoms with Gasteiger partial charge in [0, 0.05) is 41.9 Å². The average Bonchev–Trinajstić information content (AvgIpc) is 3.17. The summed E-state index contributed by atoms with van der Waals surface area (Å²) in [6.45, 7) is 1.15. The monoisotopic (exact) mass is 479 g/mol. The zero-order chi connectivity index (χ0) is 22.7. The first-order chi connectivity index (χ1) is 15.4. The van der Waals surface area contributed by atoms with Crippen LogP contribution in [-0.4, -0.2) is 48.6 Å². The summed E-state index contributed by atoms with van der Waals surface area (Å²) < 4.78 is 18.8. The van der Waals surface area contributed by atoms with Crippen LogP contribution >= 0.6 is 23.2 Å². The van der Waals surface area contributed by atoms with Gasteiger partial charge in [-0.2, -0.15) is 0 Å². The molecular formula is C23H24Cl2FN3O3. The van der Waals surface area contributed by atoms with Crippen molar-refractivity contribution < 1.29 is 18.7 Å². The van der Waals surface area contributed by atoms with Gasteiger partial charge in [-0.1, -0.05) is 23.2 Å². The highest BCUT2D eigenvalue weighted by Gasteiger charge is 2.36. The first-order valence-corrected chi connectivity index (χ1v) is 11.4. The summed E-state index contributed by atoms with van der Waals surface area (Å²) in [5, 5.41) is 3.62. The van der Waals surface area contributed by atoms with Gasteiger partial charge in [-0.3, -0.25) is 9.69 Å². The van der Waals surface area contributed by atoms with Gasteiger partial charge in [0.25, 0.3) is 5.91 Å². The largest absolute Gasteiger partial charge is 0.484 e. The van der Waals surface area contributed by atoms with Gasteiger partial charge in [-0.05, 0) is 62.1 Å². The van der Waals surface area contributed by atoms with E-state index in [4.69, 9.17) is 27.9 Å². The van der Waals surface area contributed by atoms with Crippen molar-refractivity contribution in [3.8, 4) is 5.75 Å². The lowest BCUT2D eigenvalue weighted by atomic mass is 9.90. The van der Waals surface area contributed by atoms with Gasteiger partial charge in [0.1, 0.15) is 11.6 Å². The Morgan fingerprint density at radius 1 is 1.06 bits per heavy atom. The highest BCUT2D eigenvalue weighted by atomic mass is 35.5. The number of ether oxygens (including phenoxy) is 1. The number of hydrogen-bond acceptors (Lipinski definition) is 3. The molecular weight excluding hydrogens is 456 g/mol. The molecule has 2 aromatic carbocycles. The summed E-state index contributed by atoms with van der Waals surface area (Å²) in [7, 11) is 0. The third-order valence-electron chi connectivity index (χ3n) is 5.94. The summed E-state index contributed by atoms with van der Waals surface area (Å²) >= 11 is 11.6.